The Balaban J connectivity index is 2.80. The number of amides is 1. The summed E-state index contributed by atoms with van der Waals surface area (Å²) >= 11 is 0. The fourth-order valence-electron chi connectivity index (χ4n) is 1.74. The Kier molecular flexibility index (Phi) is 5.97. The van der Waals surface area contributed by atoms with Crippen LogP contribution in [0.2, 0.25) is 0 Å². The number of nitrogens with one attached hydrogen (secondary N) is 1. The van der Waals surface area contributed by atoms with Crippen molar-refractivity contribution in [3.63, 3.8) is 0 Å². The lowest BCUT2D eigenvalue weighted by Gasteiger charge is -2.22. The van der Waals surface area contributed by atoms with E-state index in [1.807, 2.05) is 0 Å². The predicted molar refractivity (Wildman–Crippen MR) is 78.1 cm³/mol. The molecule has 1 amide bonds. The first-order chi connectivity index (χ1) is 9.34. The van der Waals surface area contributed by atoms with Crippen molar-refractivity contribution in [2.75, 3.05) is 30.8 Å². The highest BCUT2D eigenvalue weighted by Gasteiger charge is 2.21. The molecule has 6 nitrogen and oxygen atoms in total. The molecule has 0 aliphatic carbocycles. The van der Waals surface area contributed by atoms with Gasteiger partial charge in [-0.05, 0) is 19.1 Å². The number of benzene rings is 1. The molecule has 0 aliphatic heterocycles. The molecule has 0 fully saturated rings. The smallest absolute Gasteiger partial charge is 0.241 e. The normalized spacial score (nSPS) is 12.8. The lowest BCUT2D eigenvalue weighted by Crippen LogP contribution is -2.44. The van der Waals surface area contributed by atoms with Crippen LogP contribution in [-0.4, -0.2) is 46.9 Å². The number of ether oxygens (including phenoxy) is 1. The highest BCUT2D eigenvalue weighted by molar-refractivity contribution is 7.92. The minimum absolute atomic E-state index is 0.176. The van der Waals surface area contributed by atoms with Gasteiger partial charge in [0.15, 0.2) is 0 Å². The van der Waals surface area contributed by atoms with Gasteiger partial charge in [0.1, 0.15) is 6.54 Å². The van der Waals surface area contributed by atoms with Crippen molar-refractivity contribution in [3.8, 4) is 0 Å². The Morgan fingerprint density at radius 1 is 1.35 bits per heavy atom. The third-order valence-electron chi connectivity index (χ3n) is 2.56. The second-order valence-electron chi connectivity index (χ2n) is 4.53. The topological polar surface area (TPSA) is 75.7 Å². The van der Waals surface area contributed by atoms with Crippen LogP contribution < -0.4 is 9.62 Å². The van der Waals surface area contributed by atoms with E-state index in [2.05, 4.69) is 5.32 Å². The predicted octanol–water partition coefficient (Wildman–Crippen LogP) is 0.604. The standard InChI is InChI=1S/C13H20N2O4S/c1-11(10-19-2)14-13(16)9-15(20(3,17)18)12-7-5-4-6-8-12/h4-8,11H,9-10H2,1-3H3,(H,14,16)/t11-/m0/s1. The molecule has 0 unspecified atom stereocenters. The fraction of sp³-hybridized carbons (Fsp3) is 0.462. The number of carbonyl (C=O) groups is 1. The molecule has 0 spiro atoms. The molecular formula is C13H20N2O4S. The number of sulfonamides is 1. The van der Waals surface area contributed by atoms with Gasteiger partial charge in [-0.1, -0.05) is 18.2 Å². The lowest BCUT2D eigenvalue weighted by molar-refractivity contribution is -0.120. The third kappa shape index (κ3) is 5.18. The van der Waals surface area contributed by atoms with Crippen LogP contribution in [0.25, 0.3) is 0 Å². The number of hydrogen-bond acceptors (Lipinski definition) is 4. The molecule has 0 heterocycles. The van der Waals surface area contributed by atoms with Gasteiger partial charge in [-0.15, -0.1) is 0 Å². The quantitative estimate of drug-likeness (QED) is 0.800. The van der Waals surface area contributed by atoms with Gasteiger partial charge in [-0.3, -0.25) is 9.10 Å². The number of carbonyl (C=O) groups excluding carboxylic acids is 1. The molecule has 20 heavy (non-hydrogen) atoms. The molecule has 1 atom stereocenters. The summed E-state index contributed by atoms with van der Waals surface area (Å²) < 4.78 is 29.6. The SMILES string of the molecule is COC[C@H](C)NC(=O)CN(c1ccccc1)S(C)(=O)=O. The molecule has 1 aromatic carbocycles. The van der Waals surface area contributed by atoms with E-state index >= 15 is 0 Å². The molecule has 7 heteroatoms. The second kappa shape index (κ2) is 7.25. The highest BCUT2D eigenvalue weighted by Crippen LogP contribution is 2.16. The average Bonchev–Trinajstić information content (AvgIpc) is 2.36. The highest BCUT2D eigenvalue weighted by atomic mass is 32.2. The molecule has 1 aromatic rings. The summed E-state index contributed by atoms with van der Waals surface area (Å²) in [5.74, 6) is -0.371. The van der Waals surface area contributed by atoms with Crippen LogP contribution in [0.1, 0.15) is 6.92 Å². The van der Waals surface area contributed by atoms with E-state index in [0.717, 1.165) is 10.6 Å². The summed E-state index contributed by atoms with van der Waals surface area (Å²) in [5, 5.41) is 2.68. The molecule has 0 saturated carbocycles. The maximum atomic E-state index is 11.9. The van der Waals surface area contributed by atoms with Crippen LogP contribution in [0, 0.1) is 0 Å². The summed E-state index contributed by atoms with van der Waals surface area (Å²) in [4.78, 5) is 11.9. The average molecular weight is 300 g/mol. The molecule has 1 N–H and O–H groups in total. The molecule has 112 valence electrons. The lowest BCUT2D eigenvalue weighted by atomic mass is 10.3. The van der Waals surface area contributed by atoms with E-state index in [9.17, 15) is 13.2 Å². The maximum absolute atomic E-state index is 11.9. The van der Waals surface area contributed by atoms with Gasteiger partial charge >= 0.3 is 0 Å². The summed E-state index contributed by atoms with van der Waals surface area (Å²) in [6, 6.07) is 8.34. The van der Waals surface area contributed by atoms with Crippen LogP contribution >= 0.6 is 0 Å². The van der Waals surface area contributed by atoms with Crippen LogP contribution in [0.5, 0.6) is 0 Å². The zero-order chi connectivity index (χ0) is 15.2. The zero-order valence-electron chi connectivity index (χ0n) is 11.9. The summed E-state index contributed by atoms with van der Waals surface area (Å²) in [7, 11) is -1.98. The number of nitrogens with zero attached hydrogens (tertiary/aromatic N) is 1. The van der Waals surface area contributed by atoms with Crippen LogP contribution in [0.4, 0.5) is 5.69 Å². The monoisotopic (exact) mass is 300 g/mol. The number of para-hydroxylation sites is 1. The summed E-state index contributed by atoms with van der Waals surface area (Å²) in [6.07, 6.45) is 1.08. The number of methoxy groups -OCH3 is 1. The van der Waals surface area contributed by atoms with E-state index in [0.29, 0.717) is 12.3 Å². The molecule has 0 saturated heterocycles. The van der Waals surface area contributed by atoms with E-state index in [-0.39, 0.29) is 18.5 Å². The Morgan fingerprint density at radius 2 is 1.95 bits per heavy atom. The largest absolute Gasteiger partial charge is 0.383 e. The van der Waals surface area contributed by atoms with Gasteiger partial charge in [0.25, 0.3) is 0 Å². The Hall–Kier alpha value is -1.60. The van der Waals surface area contributed by atoms with Gasteiger partial charge < -0.3 is 10.1 Å². The molecule has 0 bridgehead atoms. The molecule has 0 aliphatic rings. The van der Waals surface area contributed by atoms with Crippen molar-refractivity contribution < 1.29 is 17.9 Å². The first kappa shape index (κ1) is 16.5. The molecule has 0 radical (unpaired) electrons. The van der Waals surface area contributed by atoms with Crippen molar-refractivity contribution >= 4 is 21.6 Å². The molecule has 1 rings (SSSR count). The van der Waals surface area contributed by atoms with Crippen molar-refractivity contribution in [1.82, 2.24) is 5.32 Å². The van der Waals surface area contributed by atoms with E-state index in [1.165, 1.54) is 7.11 Å². The fourth-order valence-corrected chi connectivity index (χ4v) is 2.59. The Labute approximate surface area is 119 Å². The second-order valence-corrected chi connectivity index (χ2v) is 6.44. The van der Waals surface area contributed by atoms with Crippen LogP contribution in [0.3, 0.4) is 0 Å². The first-order valence-electron chi connectivity index (χ1n) is 6.15. The number of anilines is 1. The maximum Gasteiger partial charge on any atom is 0.241 e. The van der Waals surface area contributed by atoms with Crippen molar-refractivity contribution in [2.24, 2.45) is 0 Å². The van der Waals surface area contributed by atoms with Crippen molar-refractivity contribution in [1.29, 1.82) is 0 Å². The Bertz CT molecular complexity index is 531. The third-order valence-corrected chi connectivity index (χ3v) is 3.70. The number of rotatable bonds is 7. The molecular weight excluding hydrogens is 280 g/mol. The van der Waals surface area contributed by atoms with Crippen LogP contribution in [-0.2, 0) is 19.6 Å². The van der Waals surface area contributed by atoms with Gasteiger partial charge in [0.2, 0.25) is 15.9 Å². The van der Waals surface area contributed by atoms with Gasteiger partial charge in [0, 0.05) is 13.2 Å². The zero-order valence-corrected chi connectivity index (χ0v) is 12.7. The van der Waals surface area contributed by atoms with E-state index in [1.54, 1.807) is 37.3 Å². The Morgan fingerprint density at radius 3 is 2.45 bits per heavy atom. The van der Waals surface area contributed by atoms with Gasteiger partial charge in [-0.25, -0.2) is 8.42 Å². The van der Waals surface area contributed by atoms with Crippen molar-refractivity contribution in [3.05, 3.63) is 30.3 Å². The summed E-state index contributed by atoms with van der Waals surface area (Å²) in [5.41, 5.74) is 0.463. The van der Waals surface area contributed by atoms with Gasteiger partial charge in [-0.2, -0.15) is 0 Å². The number of hydrogen-bond donors (Lipinski definition) is 1. The minimum atomic E-state index is -3.52. The summed E-state index contributed by atoms with van der Waals surface area (Å²) in [6.45, 7) is 1.90. The molecule has 0 aromatic heterocycles. The van der Waals surface area contributed by atoms with Crippen LogP contribution in [0.15, 0.2) is 30.3 Å². The van der Waals surface area contributed by atoms with E-state index < -0.39 is 10.0 Å². The van der Waals surface area contributed by atoms with Gasteiger partial charge in [0.05, 0.1) is 18.6 Å². The van der Waals surface area contributed by atoms with Crippen molar-refractivity contribution in [2.45, 2.75) is 13.0 Å². The first-order valence-corrected chi connectivity index (χ1v) is 8.00. The minimum Gasteiger partial charge on any atom is -0.383 e. The van der Waals surface area contributed by atoms with E-state index in [4.69, 9.17) is 4.74 Å².